The zero-order valence-corrected chi connectivity index (χ0v) is 25.7. The second kappa shape index (κ2) is 8.08. The van der Waals surface area contributed by atoms with E-state index in [9.17, 15) is 0 Å². The maximum absolute atomic E-state index is 2.50. The fourth-order valence-corrected chi connectivity index (χ4v) is 10.9. The van der Waals surface area contributed by atoms with E-state index >= 15 is 0 Å². The van der Waals surface area contributed by atoms with Crippen LogP contribution in [-0.4, -0.2) is 9.13 Å². The summed E-state index contributed by atoms with van der Waals surface area (Å²) in [6.45, 7) is 8.77. The van der Waals surface area contributed by atoms with Crippen molar-refractivity contribution in [3.05, 3.63) is 93.7 Å². The van der Waals surface area contributed by atoms with Crippen molar-refractivity contribution < 1.29 is 0 Å². The van der Waals surface area contributed by atoms with Crippen LogP contribution in [0.4, 0.5) is 0 Å². The number of rotatable bonds is 2. The average molecular weight is 589 g/mol. The number of aryl methyl sites for hydroxylation is 4. The number of nitrogens with zero attached hydrogens (tertiary/aromatic N) is 2. The zero-order valence-electron chi connectivity index (χ0n) is 22.5. The van der Waals surface area contributed by atoms with Crippen LogP contribution in [0.3, 0.4) is 0 Å². The highest BCUT2D eigenvalue weighted by atomic mass is 32.1. The maximum atomic E-state index is 2.50. The minimum atomic E-state index is 1.24. The first-order chi connectivity index (χ1) is 19.4. The Bertz CT molecular complexity index is 2270. The van der Waals surface area contributed by atoms with Crippen molar-refractivity contribution in [3.8, 4) is 11.4 Å². The van der Waals surface area contributed by atoms with Crippen LogP contribution in [-0.2, 0) is 0 Å². The first-order valence-electron chi connectivity index (χ1n) is 13.4. The average Bonchev–Trinajstić information content (AvgIpc) is 3.74. The molecule has 0 aliphatic carbocycles. The molecule has 9 rings (SSSR count). The lowest BCUT2D eigenvalue weighted by molar-refractivity contribution is 1.18. The molecule has 6 aromatic heterocycles. The molecule has 0 aliphatic heterocycles. The Morgan fingerprint density at radius 3 is 1.25 bits per heavy atom. The molecule has 0 saturated carbocycles. The summed E-state index contributed by atoms with van der Waals surface area (Å²) >= 11 is 7.75. The Labute approximate surface area is 246 Å². The normalized spacial score (nSPS) is 12.5. The Morgan fingerprint density at radius 2 is 0.850 bits per heavy atom. The van der Waals surface area contributed by atoms with Gasteiger partial charge in [-0.15, -0.1) is 45.3 Å². The van der Waals surface area contributed by atoms with Gasteiger partial charge in [0.15, 0.2) is 0 Å². The van der Waals surface area contributed by atoms with Crippen LogP contribution in [0.5, 0.6) is 0 Å². The third kappa shape index (κ3) is 3.08. The van der Waals surface area contributed by atoms with E-state index in [1.807, 2.05) is 45.3 Å². The van der Waals surface area contributed by atoms with Gasteiger partial charge >= 0.3 is 0 Å². The predicted molar refractivity (Wildman–Crippen MR) is 181 cm³/mol. The molecule has 0 radical (unpaired) electrons. The van der Waals surface area contributed by atoms with Crippen LogP contribution < -0.4 is 0 Å². The number of hydrogen-bond acceptors (Lipinski definition) is 4. The van der Waals surface area contributed by atoms with Crippen LogP contribution in [0.2, 0.25) is 0 Å². The van der Waals surface area contributed by atoms with Crippen LogP contribution in [0, 0.1) is 27.7 Å². The van der Waals surface area contributed by atoms with E-state index in [4.69, 9.17) is 0 Å². The van der Waals surface area contributed by atoms with Crippen molar-refractivity contribution in [2.24, 2.45) is 0 Å². The topological polar surface area (TPSA) is 9.86 Å². The van der Waals surface area contributed by atoms with E-state index in [0.29, 0.717) is 0 Å². The molecule has 0 unspecified atom stereocenters. The summed E-state index contributed by atoms with van der Waals surface area (Å²) in [5, 5.41) is 2.72. The first kappa shape index (κ1) is 23.3. The van der Waals surface area contributed by atoms with Crippen LogP contribution in [0.15, 0.2) is 72.8 Å². The summed E-state index contributed by atoms with van der Waals surface area (Å²) in [5.74, 6) is 0. The summed E-state index contributed by atoms with van der Waals surface area (Å²) in [7, 11) is 0. The molecule has 0 atom stereocenters. The fraction of sp³-hybridized carbons (Fsp3) is 0.118. The van der Waals surface area contributed by atoms with Crippen molar-refractivity contribution in [2.45, 2.75) is 27.7 Å². The summed E-state index contributed by atoms with van der Waals surface area (Å²) < 4.78 is 13.3. The van der Waals surface area contributed by atoms with Crippen molar-refractivity contribution in [3.63, 3.8) is 0 Å². The SMILES string of the molecule is Cc1ccc(-n2c3cc(C)sc3c3sc4cc5c(cc4c32)sc2c3sc(C)cc3n(-c3ccc(C)cc3)c52)cc1. The number of aromatic nitrogens is 2. The van der Waals surface area contributed by atoms with Crippen molar-refractivity contribution in [2.75, 3.05) is 0 Å². The third-order valence-corrected chi connectivity index (χ3v) is 12.7. The van der Waals surface area contributed by atoms with Gasteiger partial charge in [0.05, 0.1) is 40.9 Å². The van der Waals surface area contributed by atoms with Crippen LogP contribution >= 0.6 is 45.3 Å². The van der Waals surface area contributed by atoms with Crippen molar-refractivity contribution in [1.82, 2.24) is 9.13 Å². The molecular weight excluding hydrogens is 565 g/mol. The predicted octanol–water partition coefficient (Wildman–Crippen LogP) is 11.7. The molecule has 3 aromatic carbocycles. The monoisotopic (exact) mass is 588 g/mol. The zero-order chi connectivity index (χ0) is 26.9. The van der Waals surface area contributed by atoms with Gasteiger partial charge < -0.3 is 9.13 Å². The molecule has 0 aliphatic rings. The van der Waals surface area contributed by atoms with Crippen LogP contribution in [0.25, 0.3) is 72.4 Å². The van der Waals surface area contributed by atoms with Crippen LogP contribution in [0.1, 0.15) is 20.9 Å². The lowest BCUT2D eigenvalue weighted by Crippen LogP contribution is -1.93. The van der Waals surface area contributed by atoms with Gasteiger partial charge in [0.2, 0.25) is 0 Å². The van der Waals surface area contributed by atoms with Crippen molar-refractivity contribution in [1.29, 1.82) is 0 Å². The molecule has 0 amide bonds. The van der Waals surface area contributed by atoms with Gasteiger partial charge in [-0.25, -0.2) is 0 Å². The fourth-order valence-electron chi connectivity index (χ4n) is 6.24. The summed E-state index contributed by atoms with van der Waals surface area (Å²) in [6, 6.07) is 27.6. The molecule has 40 heavy (non-hydrogen) atoms. The minimum absolute atomic E-state index is 1.24. The molecule has 0 bridgehead atoms. The highest BCUT2D eigenvalue weighted by Gasteiger charge is 2.24. The van der Waals surface area contributed by atoms with Gasteiger partial charge in [-0.2, -0.15) is 0 Å². The second-order valence-corrected chi connectivity index (χ2v) is 15.5. The third-order valence-electron chi connectivity index (χ3n) is 8.04. The first-order valence-corrected chi connectivity index (χ1v) is 16.7. The standard InChI is InChI=1S/C34H24N2S4/c1-17-5-9-21(10-6-17)35-25-13-19(3)37-31(25)33-29(35)23-15-28-24(16-27(23)39-33)30-34(40-28)32-26(14-20(4)38-32)36(30)22-11-7-18(2)8-12-22/h5-16H,1-4H3. The Balaban J connectivity index is 1.41. The van der Waals surface area contributed by atoms with E-state index in [1.165, 1.54) is 93.3 Å². The molecule has 2 nitrogen and oxygen atoms in total. The molecule has 0 saturated heterocycles. The van der Waals surface area contributed by atoms with Gasteiger partial charge in [-0.05, 0) is 76.2 Å². The summed E-state index contributed by atoms with van der Waals surface area (Å²) in [4.78, 5) is 2.72. The minimum Gasteiger partial charge on any atom is -0.307 e. The van der Waals surface area contributed by atoms with Gasteiger partial charge in [0.1, 0.15) is 0 Å². The molecule has 6 heterocycles. The van der Waals surface area contributed by atoms with Gasteiger partial charge in [-0.1, -0.05) is 35.4 Å². The largest absolute Gasteiger partial charge is 0.307 e. The quantitative estimate of drug-likeness (QED) is 0.190. The number of fused-ring (bicyclic) bond motifs is 10. The molecule has 0 spiro atoms. The maximum Gasteiger partial charge on any atom is 0.0736 e. The molecular formula is C34H24N2S4. The lowest BCUT2D eigenvalue weighted by Gasteiger charge is -2.08. The highest BCUT2D eigenvalue weighted by molar-refractivity contribution is 7.32. The molecule has 9 aromatic rings. The second-order valence-electron chi connectivity index (χ2n) is 10.9. The highest BCUT2D eigenvalue weighted by Crippen LogP contribution is 2.50. The summed E-state index contributed by atoms with van der Waals surface area (Å²) in [6.07, 6.45) is 0. The molecule has 194 valence electrons. The number of thiophene rings is 4. The smallest absolute Gasteiger partial charge is 0.0736 e. The van der Waals surface area contributed by atoms with E-state index in [1.54, 1.807) is 0 Å². The van der Waals surface area contributed by atoms with E-state index in [0.717, 1.165) is 0 Å². The Morgan fingerprint density at radius 1 is 0.450 bits per heavy atom. The molecule has 0 fully saturated rings. The molecule has 0 N–H and O–H groups in total. The lowest BCUT2D eigenvalue weighted by atomic mass is 10.1. The number of benzene rings is 3. The van der Waals surface area contributed by atoms with E-state index < -0.39 is 0 Å². The Kier molecular flexibility index (Phi) is 4.70. The van der Waals surface area contributed by atoms with Gasteiger partial charge in [-0.3, -0.25) is 0 Å². The van der Waals surface area contributed by atoms with Gasteiger partial charge in [0, 0.05) is 41.3 Å². The molecule has 6 heteroatoms. The van der Waals surface area contributed by atoms with Crippen molar-refractivity contribution >= 4 is 106 Å². The number of hydrogen-bond donors (Lipinski definition) is 0. The van der Waals surface area contributed by atoms with E-state index in [2.05, 4.69) is 110 Å². The van der Waals surface area contributed by atoms with E-state index in [-0.39, 0.29) is 0 Å². The summed E-state index contributed by atoms with van der Waals surface area (Å²) in [5.41, 5.74) is 10.4. The Hall–Kier alpha value is -3.42. The van der Waals surface area contributed by atoms with Gasteiger partial charge in [0.25, 0.3) is 0 Å².